The van der Waals surface area contributed by atoms with Crippen molar-refractivity contribution >= 4 is 0 Å². The van der Waals surface area contributed by atoms with E-state index in [-0.39, 0.29) is 0 Å². The molecule has 36 valence electrons. The highest BCUT2D eigenvalue weighted by atomic mass is 16.5. The Morgan fingerprint density at radius 2 is 2.71 bits per heavy atom. The molecule has 2 bridgehead atoms. The van der Waals surface area contributed by atoms with E-state index in [1.54, 1.807) is 0 Å². The van der Waals surface area contributed by atoms with Crippen LogP contribution in [-0.2, 0) is 4.74 Å². The second kappa shape index (κ2) is 0.915. The van der Waals surface area contributed by atoms with E-state index in [9.17, 15) is 0 Å². The Balaban J connectivity index is 2.45. The van der Waals surface area contributed by atoms with Crippen molar-refractivity contribution in [1.29, 1.82) is 0 Å². The Labute approximate surface area is 42.3 Å². The number of allylic oxidation sites excluding steroid dienone is 1. The molecule has 1 heteroatoms. The van der Waals surface area contributed by atoms with Crippen LogP contribution >= 0.6 is 0 Å². The van der Waals surface area contributed by atoms with Crippen molar-refractivity contribution in [3.63, 3.8) is 0 Å². The summed E-state index contributed by atoms with van der Waals surface area (Å²) in [7, 11) is 0. The summed E-state index contributed by atoms with van der Waals surface area (Å²) >= 11 is 0. The van der Waals surface area contributed by atoms with E-state index >= 15 is 0 Å². The summed E-state index contributed by atoms with van der Waals surface area (Å²) in [6.07, 6.45) is 7.72. The van der Waals surface area contributed by atoms with Gasteiger partial charge in [0.15, 0.2) is 0 Å². The monoisotopic (exact) mass is 94.0 g/mol. The second-order valence-corrected chi connectivity index (χ2v) is 1.86. The predicted molar refractivity (Wildman–Crippen MR) is 26.7 cm³/mol. The van der Waals surface area contributed by atoms with E-state index in [2.05, 4.69) is 12.2 Å². The van der Waals surface area contributed by atoms with Gasteiger partial charge in [0, 0.05) is 6.42 Å². The number of fused-ring (bicyclic) bond motifs is 2. The van der Waals surface area contributed by atoms with Crippen LogP contribution in [0.3, 0.4) is 0 Å². The summed E-state index contributed by atoms with van der Waals surface area (Å²) in [4.78, 5) is 0. The molecule has 0 spiro atoms. The van der Waals surface area contributed by atoms with Gasteiger partial charge in [-0.05, 0) is 18.2 Å². The largest absolute Gasteiger partial charge is 0.486 e. The number of ether oxygens (including phenoxy) is 1. The van der Waals surface area contributed by atoms with Gasteiger partial charge in [-0.1, -0.05) is 0 Å². The van der Waals surface area contributed by atoms with Crippen LogP contribution in [0.2, 0.25) is 0 Å². The molecule has 7 heavy (non-hydrogen) atoms. The van der Waals surface area contributed by atoms with Gasteiger partial charge in [0.2, 0.25) is 0 Å². The van der Waals surface area contributed by atoms with Crippen LogP contribution in [0, 0.1) is 0 Å². The third-order valence-corrected chi connectivity index (χ3v) is 1.31. The minimum atomic E-state index is 0.398. The lowest BCUT2D eigenvalue weighted by atomic mass is 10.2. The van der Waals surface area contributed by atoms with E-state index in [0.29, 0.717) is 6.10 Å². The lowest BCUT2D eigenvalue weighted by Crippen LogP contribution is -1.93. The van der Waals surface area contributed by atoms with E-state index in [0.717, 1.165) is 12.2 Å². The Bertz CT molecular complexity index is 144. The van der Waals surface area contributed by atoms with Gasteiger partial charge in [-0.25, -0.2) is 0 Å². The Hall–Kier alpha value is -0.720. The SMILES string of the molecule is C1=CC2CC=C1O2. The van der Waals surface area contributed by atoms with Gasteiger partial charge < -0.3 is 4.74 Å². The molecule has 0 saturated heterocycles. The maximum Gasteiger partial charge on any atom is 0.121 e. The molecule has 2 rings (SSSR count). The molecule has 2 heterocycles. The normalized spacial score (nSPS) is 33.1. The quantitative estimate of drug-likeness (QED) is 0.438. The van der Waals surface area contributed by atoms with Gasteiger partial charge in [-0.15, -0.1) is 0 Å². The zero-order chi connectivity index (χ0) is 4.69. The number of hydrogen-bond acceptors (Lipinski definition) is 1. The number of hydrogen-bond donors (Lipinski definition) is 0. The zero-order valence-electron chi connectivity index (χ0n) is 3.92. The van der Waals surface area contributed by atoms with Crippen molar-refractivity contribution in [3.05, 3.63) is 24.0 Å². The molecule has 0 fully saturated rings. The molecule has 1 unspecified atom stereocenters. The van der Waals surface area contributed by atoms with Crippen molar-refractivity contribution in [2.75, 3.05) is 0 Å². The van der Waals surface area contributed by atoms with Crippen molar-refractivity contribution in [2.24, 2.45) is 0 Å². The van der Waals surface area contributed by atoms with Gasteiger partial charge in [-0.2, -0.15) is 0 Å². The first kappa shape index (κ1) is 3.30. The maximum atomic E-state index is 5.22. The van der Waals surface area contributed by atoms with Crippen molar-refractivity contribution in [2.45, 2.75) is 12.5 Å². The summed E-state index contributed by atoms with van der Waals surface area (Å²) in [5.41, 5.74) is 0. The van der Waals surface area contributed by atoms with E-state index < -0.39 is 0 Å². The minimum Gasteiger partial charge on any atom is -0.486 e. The van der Waals surface area contributed by atoms with E-state index in [1.165, 1.54) is 0 Å². The highest BCUT2D eigenvalue weighted by Crippen LogP contribution is 2.24. The Morgan fingerprint density at radius 1 is 1.71 bits per heavy atom. The molecular weight excluding hydrogens is 88.1 g/mol. The van der Waals surface area contributed by atoms with Gasteiger partial charge in [-0.3, -0.25) is 0 Å². The van der Waals surface area contributed by atoms with Gasteiger partial charge >= 0.3 is 0 Å². The highest BCUT2D eigenvalue weighted by Gasteiger charge is 2.18. The number of rotatable bonds is 0. The standard InChI is InChI=1S/C6H6O/c1-2-6-4-3-5(1)7-6/h1-3,6H,4H2. The van der Waals surface area contributed by atoms with Crippen LogP contribution in [0.5, 0.6) is 0 Å². The maximum absolute atomic E-state index is 5.22. The fourth-order valence-electron chi connectivity index (χ4n) is 0.931. The molecule has 0 amide bonds. The molecule has 0 saturated carbocycles. The topological polar surface area (TPSA) is 9.23 Å². The van der Waals surface area contributed by atoms with Crippen molar-refractivity contribution < 1.29 is 4.74 Å². The van der Waals surface area contributed by atoms with E-state index in [4.69, 9.17) is 4.74 Å². The van der Waals surface area contributed by atoms with Crippen LogP contribution in [-0.4, -0.2) is 6.10 Å². The smallest absolute Gasteiger partial charge is 0.121 e. The molecule has 0 N–H and O–H groups in total. The fourth-order valence-corrected chi connectivity index (χ4v) is 0.931. The predicted octanol–water partition coefficient (Wildman–Crippen LogP) is 1.23. The van der Waals surface area contributed by atoms with E-state index in [1.807, 2.05) is 6.08 Å². The van der Waals surface area contributed by atoms with Gasteiger partial charge in [0.25, 0.3) is 0 Å². The Kier molecular flexibility index (Phi) is 0.432. The lowest BCUT2D eigenvalue weighted by molar-refractivity contribution is 0.210. The molecule has 0 aliphatic carbocycles. The summed E-state index contributed by atoms with van der Waals surface area (Å²) in [5, 5.41) is 0. The van der Waals surface area contributed by atoms with Gasteiger partial charge in [0.05, 0.1) is 0 Å². The zero-order valence-corrected chi connectivity index (χ0v) is 3.92. The average molecular weight is 94.1 g/mol. The van der Waals surface area contributed by atoms with Crippen LogP contribution in [0.4, 0.5) is 0 Å². The molecule has 0 radical (unpaired) electrons. The summed E-state index contributed by atoms with van der Waals surface area (Å²) in [6.45, 7) is 0. The van der Waals surface area contributed by atoms with Crippen molar-refractivity contribution in [3.8, 4) is 0 Å². The lowest BCUT2D eigenvalue weighted by Gasteiger charge is -1.95. The molecule has 0 aromatic carbocycles. The molecule has 2 aliphatic heterocycles. The first-order valence-corrected chi connectivity index (χ1v) is 2.50. The van der Waals surface area contributed by atoms with Crippen LogP contribution < -0.4 is 0 Å². The first-order chi connectivity index (χ1) is 3.45. The van der Waals surface area contributed by atoms with Crippen molar-refractivity contribution in [1.82, 2.24) is 0 Å². The highest BCUT2D eigenvalue weighted by molar-refractivity contribution is 5.25. The molecule has 1 nitrogen and oxygen atoms in total. The molecule has 0 aromatic heterocycles. The average Bonchev–Trinajstić information content (AvgIpc) is 2.22. The molecular formula is C6H6O. The molecule has 2 aliphatic rings. The summed E-state index contributed by atoms with van der Waals surface area (Å²) < 4.78 is 5.22. The first-order valence-electron chi connectivity index (χ1n) is 2.50. The minimum absolute atomic E-state index is 0.398. The molecule has 0 aromatic rings. The molecule has 1 atom stereocenters. The third kappa shape index (κ3) is 0.322. The van der Waals surface area contributed by atoms with Crippen LogP contribution in [0.15, 0.2) is 24.0 Å². The van der Waals surface area contributed by atoms with Crippen LogP contribution in [0.25, 0.3) is 0 Å². The Morgan fingerprint density at radius 3 is 2.86 bits per heavy atom. The van der Waals surface area contributed by atoms with Gasteiger partial charge in [0.1, 0.15) is 11.9 Å². The second-order valence-electron chi connectivity index (χ2n) is 1.86. The third-order valence-electron chi connectivity index (χ3n) is 1.31. The summed E-state index contributed by atoms with van der Waals surface area (Å²) in [6, 6.07) is 0. The fraction of sp³-hybridized carbons (Fsp3) is 0.333. The summed E-state index contributed by atoms with van der Waals surface area (Å²) in [5.74, 6) is 1.06. The van der Waals surface area contributed by atoms with Crippen LogP contribution in [0.1, 0.15) is 6.42 Å².